The van der Waals surface area contributed by atoms with E-state index in [4.69, 9.17) is 9.26 Å². The first-order chi connectivity index (χ1) is 17.1. The van der Waals surface area contributed by atoms with Crippen LogP contribution in [-0.2, 0) is 11.3 Å². The van der Waals surface area contributed by atoms with Gasteiger partial charge in [0.25, 0.3) is 0 Å². The van der Waals surface area contributed by atoms with E-state index in [-0.39, 0.29) is 0 Å². The minimum atomic E-state index is -0.642. The second-order valence-corrected chi connectivity index (χ2v) is 8.71. The summed E-state index contributed by atoms with van der Waals surface area (Å²) in [6.07, 6.45) is 4.93. The quantitative estimate of drug-likeness (QED) is 0.402. The predicted molar refractivity (Wildman–Crippen MR) is 134 cm³/mol. The van der Waals surface area contributed by atoms with E-state index in [0.717, 1.165) is 54.1 Å². The van der Waals surface area contributed by atoms with E-state index < -0.39 is 6.10 Å². The second-order valence-electron chi connectivity index (χ2n) is 8.71. The summed E-state index contributed by atoms with van der Waals surface area (Å²) in [5, 5.41) is 17.6. The fourth-order valence-corrected chi connectivity index (χ4v) is 4.11. The van der Waals surface area contributed by atoms with Gasteiger partial charge >= 0.3 is 0 Å². The Morgan fingerprint density at radius 3 is 2.43 bits per heavy atom. The maximum atomic E-state index is 9.83. The number of hydrogen-bond donors (Lipinski definition) is 2. The number of anilines is 1. The molecule has 1 atom stereocenters. The van der Waals surface area contributed by atoms with Gasteiger partial charge in [0.1, 0.15) is 17.6 Å². The van der Waals surface area contributed by atoms with E-state index in [9.17, 15) is 5.11 Å². The first-order valence-corrected chi connectivity index (χ1v) is 11.9. The summed E-state index contributed by atoms with van der Waals surface area (Å²) in [6.45, 7) is 3.83. The van der Waals surface area contributed by atoms with E-state index in [0.29, 0.717) is 24.2 Å². The summed E-state index contributed by atoms with van der Waals surface area (Å²) >= 11 is 0. The molecule has 1 aliphatic heterocycles. The molecule has 2 N–H and O–H groups in total. The van der Waals surface area contributed by atoms with Gasteiger partial charge in [-0.2, -0.15) is 0 Å². The van der Waals surface area contributed by atoms with Crippen LogP contribution in [0, 0.1) is 11.8 Å². The average molecular weight is 469 g/mol. The standard InChI is InChI=1S/C28H28N4O3/c1-20(33)28-29-14-15-32(28)19-26-18-27(35-31-26)23-8-4-21(5-9-23)2-3-22-6-10-24(11-7-22)30-25-12-16-34-17-13-25/h4-11,14-15,18,20,25,30,33H,12-13,16-17,19H2,1H3. The van der Waals surface area contributed by atoms with Crippen molar-refractivity contribution in [2.75, 3.05) is 18.5 Å². The van der Waals surface area contributed by atoms with Crippen molar-refractivity contribution in [1.29, 1.82) is 0 Å². The number of nitrogens with zero attached hydrogens (tertiary/aromatic N) is 3. The van der Waals surface area contributed by atoms with Crippen LogP contribution in [0.1, 0.15) is 48.5 Å². The summed E-state index contributed by atoms with van der Waals surface area (Å²) in [5.41, 5.74) is 4.71. The number of imidazole rings is 1. The molecule has 7 heteroatoms. The third-order valence-electron chi connectivity index (χ3n) is 6.01. The molecule has 1 fully saturated rings. The highest BCUT2D eigenvalue weighted by molar-refractivity contribution is 5.59. The highest BCUT2D eigenvalue weighted by Gasteiger charge is 2.13. The zero-order chi connectivity index (χ0) is 24.0. The van der Waals surface area contributed by atoms with Gasteiger partial charge in [0.2, 0.25) is 0 Å². The van der Waals surface area contributed by atoms with Gasteiger partial charge in [-0.3, -0.25) is 0 Å². The van der Waals surface area contributed by atoms with Crippen molar-refractivity contribution in [1.82, 2.24) is 14.7 Å². The van der Waals surface area contributed by atoms with Crippen molar-refractivity contribution in [2.24, 2.45) is 0 Å². The molecule has 35 heavy (non-hydrogen) atoms. The van der Waals surface area contributed by atoms with E-state index in [2.05, 4.69) is 39.4 Å². The number of ether oxygens (including phenoxy) is 1. The Hall–Kier alpha value is -3.86. The van der Waals surface area contributed by atoms with Crippen molar-refractivity contribution < 1.29 is 14.4 Å². The van der Waals surface area contributed by atoms with Crippen LogP contribution in [0.25, 0.3) is 11.3 Å². The molecule has 5 rings (SSSR count). The number of aromatic nitrogens is 3. The maximum absolute atomic E-state index is 9.83. The number of aliphatic hydroxyl groups is 1. The zero-order valence-electron chi connectivity index (χ0n) is 19.6. The lowest BCUT2D eigenvalue weighted by molar-refractivity contribution is 0.0904. The first kappa shape index (κ1) is 22.9. The van der Waals surface area contributed by atoms with Gasteiger partial charge in [-0.25, -0.2) is 4.98 Å². The van der Waals surface area contributed by atoms with E-state index >= 15 is 0 Å². The number of nitrogens with one attached hydrogen (secondary N) is 1. The van der Waals surface area contributed by atoms with Crippen LogP contribution >= 0.6 is 0 Å². The molecule has 3 heterocycles. The summed E-state index contributed by atoms with van der Waals surface area (Å²) < 4.78 is 12.8. The maximum Gasteiger partial charge on any atom is 0.167 e. The molecule has 1 saturated heterocycles. The molecule has 0 bridgehead atoms. The van der Waals surface area contributed by atoms with Gasteiger partial charge in [-0.15, -0.1) is 0 Å². The minimum Gasteiger partial charge on any atom is -0.385 e. The van der Waals surface area contributed by atoms with E-state index in [1.54, 1.807) is 13.1 Å². The van der Waals surface area contributed by atoms with Crippen LogP contribution in [0.3, 0.4) is 0 Å². The van der Waals surface area contributed by atoms with E-state index in [1.807, 2.05) is 53.2 Å². The molecular weight excluding hydrogens is 440 g/mol. The number of hydrogen-bond acceptors (Lipinski definition) is 6. The molecule has 0 amide bonds. The van der Waals surface area contributed by atoms with Gasteiger partial charge in [-0.1, -0.05) is 17.0 Å². The van der Waals surface area contributed by atoms with Crippen molar-refractivity contribution in [3.8, 4) is 23.2 Å². The van der Waals surface area contributed by atoms with Gasteiger partial charge in [-0.05, 0) is 68.3 Å². The highest BCUT2D eigenvalue weighted by atomic mass is 16.5. The van der Waals surface area contributed by atoms with Crippen molar-refractivity contribution in [3.05, 3.63) is 89.6 Å². The summed E-state index contributed by atoms with van der Waals surface area (Å²) in [7, 11) is 0. The van der Waals surface area contributed by atoms with Gasteiger partial charge in [0, 0.05) is 60.1 Å². The minimum absolute atomic E-state index is 0.479. The number of aliphatic hydroxyl groups excluding tert-OH is 1. The number of benzene rings is 2. The average Bonchev–Trinajstić information content (AvgIpc) is 3.55. The topological polar surface area (TPSA) is 85.3 Å². The largest absolute Gasteiger partial charge is 0.385 e. The molecule has 1 unspecified atom stereocenters. The molecule has 0 saturated carbocycles. The Kier molecular flexibility index (Phi) is 6.94. The molecule has 0 radical (unpaired) electrons. The monoisotopic (exact) mass is 468 g/mol. The molecule has 7 nitrogen and oxygen atoms in total. The van der Waals surface area contributed by atoms with Crippen LogP contribution in [0.4, 0.5) is 5.69 Å². The normalized spacial score (nSPS) is 14.8. The molecule has 1 aliphatic rings. The summed E-state index contributed by atoms with van der Waals surface area (Å²) in [6, 6.07) is 18.6. The van der Waals surface area contributed by atoms with Gasteiger partial charge in [0.15, 0.2) is 5.76 Å². The van der Waals surface area contributed by atoms with Crippen LogP contribution in [0.5, 0.6) is 0 Å². The molecule has 4 aromatic rings. The van der Waals surface area contributed by atoms with Crippen molar-refractivity contribution >= 4 is 5.69 Å². The van der Waals surface area contributed by atoms with Crippen molar-refractivity contribution in [3.63, 3.8) is 0 Å². The summed E-state index contributed by atoms with van der Waals surface area (Å²) in [4.78, 5) is 4.19. The number of rotatable bonds is 6. The molecule has 2 aromatic carbocycles. The van der Waals surface area contributed by atoms with Crippen LogP contribution in [0.2, 0.25) is 0 Å². The van der Waals surface area contributed by atoms with Crippen LogP contribution in [0.15, 0.2) is 71.5 Å². The Morgan fingerprint density at radius 1 is 1.06 bits per heavy atom. The fraction of sp³-hybridized carbons (Fsp3) is 0.286. The lowest BCUT2D eigenvalue weighted by Gasteiger charge is -2.24. The van der Waals surface area contributed by atoms with Crippen LogP contribution in [-0.4, -0.2) is 39.1 Å². The molecule has 178 valence electrons. The molecule has 0 spiro atoms. The smallest absolute Gasteiger partial charge is 0.167 e. The SMILES string of the molecule is CC(O)c1nccn1Cc1cc(-c2ccc(C#Cc3ccc(NC4CCOCC4)cc3)cc2)on1. The Balaban J connectivity index is 1.20. The Bertz CT molecular complexity index is 1300. The lowest BCUT2D eigenvalue weighted by Crippen LogP contribution is -2.27. The Morgan fingerprint density at radius 2 is 1.74 bits per heavy atom. The second kappa shape index (κ2) is 10.6. The van der Waals surface area contributed by atoms with Gasteiger partial charge in [0.05, 0.1) is 6.54 Å². The zero-order valence-corrected chi connectivity index (χ0v) is 19.6. The third-order valence-corrected chi connectivity index (χ3v) is 6.01. The van der Waals surface area contributed by atoms with Crippen molar-refractivity contribution in [2.45, 2.75) is 38.5 Å². The molecule has 2 aromatic heterocycles. The first-order valence-electron chi connectivity index (χ1n) is 11.9. The summed E-state index contributed by atoms with van der Waals surface area (Å²) in [5.74, 6) is 7.74. The highest BCUT2D eigenvalue weighted by Crippen LogP contribution is 2.22. The third kappa shape index (κ3) is 5.80. The molecule has 0 aliphatic carbocycles. The van der Waals surface area contributed by atoms with E-state index in [1.165, 1.54) is 0 Å². The lowest BCUT2D eigenvalue weighted by atomic mass is 10.1. The fourth-order valence-electron chi connectivity index (χ4n) is 4.11. The molecular formula is C28H28N4O3. The predicted octanol–water partition coefficient (Wildman–Crippen LogP) is 4.63. The Labute approximate surface area is 204 Å². The van der Waals surface area contributed by atoms with Crippen LogP contribution < -0.4 is 5.32 Å². The van der Waals surface area contributed by atoms with Gasteiger partial charge < -0.3 is 24.3 Å².